The zero-order chi connectivity index (χ0) is 29.9. The Kier molecular flexibility index (Phi) is 7.74. The summed E-state index contributed by atoms with van der Waals surface area (Å²) in [6.07, 6.45) is 9.27. The van der Waals surface area contributed by atoms with Crippen molar-refractivity contribution >= 4 is 12.0 Å². The van der Waals surface area contributed by atoms with Crippen LogP contribution in [0.5, 0.6) is 0 Å². The first kappa shape index (κ1) is 29.7. The number of fused-ring (bicyclic) bond motifs is 5. The van der Waals surface area contributed by atoms with Gasteiger partial charge in [-0.15, -0.1) is 0 Å². The number of urea groups is 1. The van der Waals surface area contributed by atoms with Crippen molar-refractivity contribution < 1.29 is 23.8 Å². The van der Waals surface area contributed by atoms with E-state index in [-0.39, 0.29) is 35.3 Å². The van der Waals surface area contributed by atoms with Crippen LogP contribution < -0.4 is 10.9 Å². The molecule has 1 saturated heterocycles. The van der Waals surface area contributed by atoms with Crippen LogP contribution in [0, 0.1) is 28.6 Å². The Morgan fingerprint density at radius 1 is 1.10 bits per heavy atom. The number of carbonyl (C=O) groups is 2. The highest BCUT2D eigenvalue weighted by atomic mass is 16.5. The SMILES string of the molecule is CC(=O)O[C@H]1C[C@]2(O)[C@@H]3CC[C@@H]4C[C@@H](N(C)C(=O)N5CCCNCC5)CC[C@]4(C)[C@H]3CC[C@]2(C)[C@H]1c1ccc(=O)oc1. The molecule has 6 rings (SSSR count). The van der Waals surface area contributed by atoms with Crippen molar-refractivity contribution in [2.75, 3.05) is 33.2 Å². The number of nitrogens with zero attached hydrogens (tertiary/aromatic N) is 2. The summed E-state index contributed by atoms with van der Waals surface area (Å²) in [5.74, 6) is 0.396. The second kappa shape index (κ2) is 11.0. The monoisotopic (exact) mass is 583 g/mol. The molecule has 9 atom stereocenters. The van der Waals surface area contributed by atoms with Gasteiger partial charge in [-0.25, -0.2) is 9.59 Å². The minimum atomic E-state index is -0.991. The number of rotatable bonds is 3. The summed E-state index contributed by atoms with van der Waals surface area (Å²) in [5.41, 5.74) is -1.01. The van der Waals surface area contributed by atoms with Crippen LogP contribution in [0.2, 0.25) is 0 Å². The van der Waals surface area contributed by atoms with Crippen LogP contribution in [-0.2, 0) is 9.53 Å². The molecule has 1 aliphatic heterocycles. The van der Waals surface area contributed by atoms with Crippen LogP contribution in [0.4, 0.5) is 4.79 Å². The van der Waals surface area contributed by atoms with Gasteiger partial charge in [0, 0.05) is 63.5 Å². The second-order valence-electron chi connectivity index (χ2n) is 14.5. The number of carbonyl (C=O) groups excluding carboxylic acids is 2. The van der Waals surface area contributed by atoms with E-state index in [0.717, 1.165) is 83.1 Å². The van der Waals surface area contributed by atoms with Crippen molar-refractivity contribution in [2.45, 2.75) is 102 Å². The molecule has 4 saturated carbocycles. The molecule has 5 aliphatic rings. The maximum absolute atomic E-state index is 13.4. The third-order valence-electron chi connectivity index (χ3n) is 12.7. The van der Waals surface area contributed by atoms with Crippen LogP contribution in [0.15, 0.2) is 27.6 Å². The summed E-state index contributed by atoms with van der Waals surface area (Å²) in [6, 6.07) is 3.60. The Balaban J connectivity index is 1.23. The first-order valence-electron chi connectivity index (χ1n) is 16.2. The Labute approximate surface area is 249 Å². The van der Waals surface area contributed by atoms with Gasteiger partial charge >= 0.3 is 17.6 Å². The lowest BCUT2D eigenvalue weighted by molar-refractivity contribution is -0.203. The van der Waals surface area contributed by atoms with Crippen molar-refractivity contribution in [2.24, 2.45) is 28.6 Å². The number of hydrogen-bond donors (Lipinski definition) is 2. The molecule has 232 valence electrons. The van der Waals surface area contributed by atoms with Gasteiger partial charge in [-0.05, 0) is 92.7 Å². The predicted octanol–water partition coefficient (Wildman–Crippen LogP) is 4.14. The van der Waals surface area contributed by atoms with Gasteiger partial charge in [0.2, 0.25) is 0 Å². The normalized spacial score (nSPS) is 41.6. The maximum atomic E-state index is 13.4. The van der Waals surface area contributed by atoms with Crippen molar-refractivity contribution in [3.8, 4) is 0 Å². The quantitative estimate of drug-likeness (QED) is 0.515. The van der Waals surface area contributed by atoms with E-state index in [0.29, 0.717) is 18.3 Å². The number of nitrogens with one attached hydrogen (secondary N) is 1. The maximum Gasteiger partial charge on any atom is 0.335 e. The average Bonchev–Trinajstić information content (AvgIpc) is 3.11. The van der Waals surface area contributed by atoms with Gasteiger partial charge in [-0.2, -0.15) is 0 Å². The van der Waals surface area contributed by atoms with Crippen LogP contribution in [-0.4, -0.2) is 77.9 Å². The molecule has 9 heteroatoms. The lowest BCUT2D eigenvalue weighted by Gasteiger charge is -2.64. The molecule has 2 N–H and O–H groups in total. The van der Waals surface area contributed by atoms with Crippen LogP contribution >= 0.6 is 0 Å². The summed E-state index contributed by atoms with van der Waals surface area (Å²) in [4.78, 5) is 41.4. The predicted molar refractivity (Wildman–Crippen MR) is 158 cm³/mol. The summed E-state index contributed by atoms with van der Waals surface area (Å²) in [7, 11) is 1.99. The zero-order valence-electron chi connectivity index (χ0n) is 25.8. The Morgan fingerprint density at radius 2 is 1.90 bits per heavy atom. The lowest BCUT2D eigenvalue weighted by atomic mass is 9.43. The zero-order valence-corrected chi connectivity index (χ0v) is 25.8. The highest BCUT2D eigenvalue weighted by Crippen LogP contribution is 2.71. The van der Waals surface area contributed by atoms with E-state index in [9.17, 15) is 19.5 Å². The van der Waals surface area contributed by atoms with E-state index in [1.165, 1.54) is 19.3 Å². The van der Waals surface area contributed by atoms with E-state index in [4.69, 9.17) is 9.15 Å². The standard InChI is InChI=1S/C33H49N3O6/c1-21(37)42-27-19-33(40)26-8-7-23-18-24(35(4)30(39)36-16-5-14-34-15-17-36)10-12-31(23,2)25(26)11-13-32(33,3)29(27)22-6-9-28(38)41-20-22/h6,9,20,23-27,29,34,40H,5,7-8,10-19H2,1-4H3/t23-,24+,25+,26-,27+,29+,31+,32-,33+/m1/s1. The highest BCUT2D eigenvalue weighted by Gasteiger charge is 2.70. The molecule has 9 nitrogen and oxygen atoms in total. The smallest absolute Gasteiger partial charge is 0.335 e. The fourth-order valence-corrected chi connectivity index (χ4v) is 10.4. The summed E-state index contributed by atoms with van der Waals surface area (Å²) in [6.45, 7) is 9.43. The van der Waals surface area contributed by atoms with E-state index >= 15 is 0 Å². The average molecular weight is 584 g/mol. The number of esters is 1. The first-order chi connectivity index (χ1) is 20.0. The third-order valence-corrected chi connectivity index (χ3v) is 12.7. The van der Waals surface area contributed by atoms with Gasteiger partial charge in [-0.1, -0.05) is 13.8 Å². The molecule has 2 heterocycles. The van der Waals surface area contributed by atoms with Gasteiger partial charge in [0.25, 0.3) is 0 Å². The van der Waals surface area contributed by atoms with E-state index < -0.39 is 22.7 Å². The van der Waals surface area contributed by atoms with E-state index in [1.807, 2.05) is 16.8 Å². The largest absolute Gasteiger partial charge is 0.462 e. The molecule has 0 aromatic carbocycles. The second-order valence-corrected chi connectivity index (χ2v) is 14.5. The van der Waals surface area contributed by atoms with Crippen molar-refractivity contribution in [1.29, 1.82) is 0 Å². The van der Waals surface area contributed by atoms with Crippen LogP contribution in [0.25, 0.3) is 0 Å². The number of hydrogen-bond acceptors (Lipinski definition) is 7. The molecule has 0 unspecified atom stereocenters. The van der Waals surface area contributed by atoms with Crippen LogP contribution in [0.1, 0.15) is 90.0 Å². The number of ether oxygens (including phenoxy) is 1. The summed E-state index contributed by atoms with van der Waals surface area (Å²) in [5, 5.41) is 16.2. The fraction of sp³-hybridized carbons (Fsp3) is 0.788. The molecule has 0 bridgehead atoms. The molecule has 0 radical (unpaired) electrons. The molecule has 1 aromatic rings. The highest BCUT2D eigenvalue weighted by molar-refractivity contribution is 5.74. The number of amides is 2. The fourth-order valence-electron chi connectivity index (χ4n) is 10.4. The van der Waals surface area contributed by atoms with Crippen molar-refractivity contribution in [1.82, 2.24) is 15.1 Å². The Bertz CT molecular complexity index is 1220. The first-order valence-corrected chi connectivity index (χ1v) is 16.2. The Morgan fingerprint density at radius 3 is 2.64 bits per heavy atom. The molecule has 2 amide bonds. The summed E-state index contributed by atoms with van der Waals surface area (Å²) >= 11 is 0. The molecule has 5 fully saturated rings. The molecular formula is C33H49N3O6. The molecule has 0 spiro atoms. The number of aliphatic hydroxyl groups is 1. The molecule has 4 aliphatic carbocycles. The van der Waals surface area contributed by atoms with Crippen LogP contribution in [0.3, 0.4) is 0 Å². The molecule has 1 aromatic heterocycles. The molecule has 42 heavy (non-hydrogen) atoms. The van der Waals surface area contributed by atoms with Gasteiger partial charge in [0.1, 0.15) is 6.10 Å². The lowest BCUT2D eigenvalue weighted by Crippen LogP contribution is -2.62. The van der Waals surface area contributed by atoms with E-state index in [2.05, 4.69) is 19.2 Å². The Hall–Kier alpha value is -2.39. The van der Waals surface area contributed by atoms with E-state index in [1.54, 1.807) is 6.07 Å². The van der Waals surface area contributed by atoms with Crippen molar-refractivity contribution in [3.63, 3.8) is 0 Å². The topological polar surface area (TPSA) is 112 Å². The minimum absolute atomic E-state index is 0.0987. The third kappa shape index (κ3) is 4.70. The van der Waals surface area contributed by atoms with Gasteiger partial charge in [0.15, 0.2) is 0 Å². The van der Waals surface area contributed by atoms with Gasteiger partial charge < -0.3 is 29.4 Å². The van der Waals surface area contributed by atoms with Gasteiger partial charge in [-0.3, -0.25) is 4.79 Å². The van der Waals surface area contributed by atoms with Gasteiger partial charge in [0.05, 0.1) is 11.9 Å². The molecular weight excluding hydrogens is 534 g/mol. The summed E-state index contributed by atoms with van der Waals surface area (Å²) < 4.78 is 11.2. The van der Waals surface area contributed by atoms with Crippen molar-refractivity contribution in [3.05, 3.63) is 34.4 Å². The minimum Gasteiger partial charge on any atom is -0.462 e.